The Hall–Kier alpha value is -0.570. The summed E-state index contributed by atoms with van der Waals surface area (Å²) in [5.74, 6) is 1.41. The van der Waals surface area contributed by atoms with Crippen LogP contribution in [0.5, 0.6) is 0 Å². The first-order valence-electron chi connectivity index (χ1n) is 5.71. The van der Waals surface area contributed by atoms with Crippen LogP contribution >= 0.6 is 0 Å². The Morgan fingerprint density at radius 3 is 2.71 bits per heavy atom. The van der Waals surface area contributed by atoms with Gasteiger partial charge in [0.05, 0.1) is 0 Å². The predicted octanol–water partition coefficient (Wildman–Crippen LogP) is 1.06. The molecule has 0 bridgehead atoms. The van der Waals surface area contributed by atoms with Gasteiger partial charge in [-0.1, -0.05) is 25.7 Å². The van der Waals surface area contributed by atoms with E-state index in [0.717, 1.165) is 12.3 Å². The second kappa shape index (κ2) is 4.30. The highest BCUT2D eigenvalue weighted by Gasteiger charge is 2.38. The van der Waals surface area contributed by atoms with Crippen molar-refractivity contribution in [3.63, 3.8) is 0 Å². The van der Waals surface area contributed by atoms with E-state index in [1.54, 1.807) is 0 Å². The van der Waals surface area contributed by atoms with E-state index in [-0.39, 0.29) is 18.6 Å². The van der Waals surface area contributed by atoms with E-state index < -0.39 is 0 Å². The Labute approximate surface area is 84.9 Å². The van der Waals surface area contributed by atoms with Crippen LogP contribution in [0.4, 0.5) is 0 Å². The molecule has 1 aliphatic carbocycles. The molecule has 0 aromatic rings. The molecule has 1 saturated heterocycles. The maximum atomic E-state index is 11.3. The van der Waals surface area contributed by atoms with Crippen molar-refractivity contribution in [1.82, 2.24) is 5.32 Å². The van der Waals surface area contributed by atoms with E-state index in [9.17, 15) is 4.79 Å². The summed E-state index contributed by atoms with van der Waals surface area (Å²) < 4.78 is 0. The van der Waals surface area contributed by atoms with Gasteiger partial charge in [0.1, 0.15) is 0 Å². The van der Waals surface area contributed by atoms with Crippen LogP contribution in [-0.2, 0) is 4.79 Å². The van der Waals surface area contributed by atoms with Crippen LogP contribution in [0.15, 0.2) is 0 Å². The lowest BCUT2D eigenvalue weighted by atomic mass is 9.84. The molecule has 0 aromatic carbocycles. The summed E-state index contributed by atoms with van der Waals surface area (Å²) in [7, 11) is 0. The average molecular weight is 197 g/mol. The summed E-state index contributed by atoms with van der Waals surface area (Å²) in [5, 5.41) is 11.9. The number of aliphatic hydroxyl groups is 1. The number of carbonyl (C=O) groups is 1. The minimum Gasteiger partial charge on any atom is -0.396 e. The quantitative estimate of drug-likeness (QED) is 0.711. The number of nitrogens with one attached hydrogen (secondary N) is 1. The Bertz CT molecular complexity index is 211. The van der Waals surface area contributed by atoms with Gasteiger partial charge in [0, 0.05) is 19.1 Å². The van der Waals surface area contributed by atoms with Gasteiger partial charge < -0.3 is 10.4 Å². The van der Waals surface area contributed by atoms with Crippen LogP contribution in [0.1, 0.15) is 38.5 Å². The highest BCUT2D eigenvalue weighted by Crippen LogP contribution is 2.37. The van der Waals surface area contributed by atoms with Crippen LogP contribution in [0.3, 0.4) is 0 Å². The maximum absolute atomic E-state index is 11.3. The fourth-order valence-corrected chi connectivity index (χ4v) is 3.04. The van der Waals surface area contributed by atoms with Gasteiger partial charge in [-0.2, -0.15) is 0 Å². The third-order valence-corrected chi connectivity index (χ3v) is 3.73. The van der Waals surface area contributed by atoms with Gasteiger partial charge in [0.2, 0.25) is 5.91 Å². The number of hydrogen-bond acceptors (Lipinski definition) is 2. The largest absolute Gasteiger partial charge is 0.396 e. The third-order valence-electron chi connectivity index (χ3n) is 3.73. The minimum atomic E-state index is 0.181. The number of rotatable bonds is 3. The first kappa shape index (κ1) is 9.97. The lowest BCUT2D eigenvalue weighted by Gasteiger charge is -2.23. The normalized spacial score (nSPS) is 33.6. The molecular weight excluding hydrogens is 178 g/mol. The second-order valence-electron chi connectivity index (χ2n) is 4.60. The summed E-state index contributed by atoms with van der Waals surface area (Å²) >= 11 is 0. The minimum absolute atomic E-state index is 0.181. The first-order chi connectivity index (χ1) is 6.81. The highest BCUT2D eigenvalue weighted by molar-refractivity contribution is 5.79. The fourth-order valence-electron chi connectivity index (χ4n) is 3.04. The van der Waals surface area contributed by atoms with E-state index in [1.807, 2.05) is 0 Å². The summed E-state index contributed by atoms with van der Waals surface area (Å²) in [5.41, 5.74) is 0. The number of aliphatic hydroxyl groups excluding tert-OH is 1. The van der Waals surface area contributed by atoms with Crippen LogP contribution < -0.4 is 5.32 Å². The van der Waals surface area contributed by atoms with Crippen LogP contribution in [-0.4, -0.2) is 23.7 Å². The van der Waals surface area contributed by atoms with Crippen LogP contribution in [0.25, 0.3) is 0 Å². The number of carbonyl (C=O) groups excluding carboxylic acids is 1. The van der Waals surface area contributed by atoms with E-state index in [2.05, 4.69) is 5.32 Å². The van der Waals surface area contributed by atoms with Crippen LogP contribution in [0.2, 0.25) is 0 Å². The molecule has 2 atom stereocenters. The molecule has 2 unspecified atom stereocenters. The maximum Gasteiger partial charge on any atom is 0.220 e. The van der Waals surface area contributed by atoms with Crippen molar-refractivity contribution >= 4 is 5.91 Å². The zero-order valence-electron chi connectivity index (χ0n) is 8.54. The lowest BCUT2D eigenvalue weighted by Crippen LogP contribution is -2.32. The van der Waals surface area contributed by atoms with Crippen molar-refractivity contribution in [1.29, 1.82) is 0 Å². The van der Waals surface area contributed by atoms with Crippen molar-refractivity contribution in [2.75, 3.05) is 6.61 Å². The van der Waals surface area contributed by atoms with Gasteiger partial charge in [-0.05, 0) is 18.3 Å². The number of amides is 1. The second-order valence-corrected chi connectivity index (χ2v) is 4.60. The molecule has 14 heavy (non-hydrogen) atoms. The standard InChI is InChI=1S/C11H19NO2/c13-6-5-10-9(7-11(14)12-10)8-3-1-2-4-8/h8-10,13H,1-7H2,(H,12,14). The summed E-state index contributed by atoms with van der Waals surface area (Å²) in [6.07, 6.45) is 6.62. The topological polar surface area (TPSA) is 49.3 Å². The molecule has 0 radical (unpaired) electrons. The molecule has 3 heteroatoms. The smallest absolute Gasteiger partial charge is 0.220 e. The molecule has 1 amide bonds. The Morgan fingerprint density at radius 2 is 2.07 bits per heavy atom. The molecule has 80 valence electrons. The molecular formula is C11H19NO2. The Balaban J connectivity index is 1.96. The molecule has 1 heterocycles. The molecule has 0 aromatic heterocycles. The van der Waals surface area contributed by atoms with Crippen LogP contribution in [0, 0.1) is 11.8 Å². The summed E-state index contributed by atoms with van der Waals surface area (Å²) in [6.45, 7) is 0.189. The Morgan fingerprint density at radius 1 is 1.36 bits per heavy atom. The van der Waals surface area contributed by atoms with Crippen molar-refractivity contribution in [3.05, 3.63) is 0 Å². The molecule has 3 nitrogen and oxygen atoms in total. The zero-order chi connectivity index (χ0) is 9.97. The van der Waals surface area contributed by atoms with Crippen molar-refractivity contribution in [2.24, 2.45) is 11.8 Å². The summed E-state index contributed by atoms with van der Waals surface area (Å²) in [4.78, 5) is 11.3. The monoisotopic (exact) mass is 197 g/mol. The average Bonchev–Trinajstić information content (AvgIpc) is 2.74. The Kier molecular flexibility index (Phi) is 3.06. The lowest BCUT2D eigenvalue weighted by molar-refractivity contribution is -0.119. The zero-order valence-corrected chi connectivity index (χ0v) is 8.54. The SMILES string of the molecule is O=C1CC(C2CCCC2)C(CCO)N1. The van der Waals surface area contributed by atoms with E-state index in [0.29, 0.717) is 12.3 Å². The van der Waals surface area contributed by atoms with Gasteiger partial charge in [0.25, 0.3) is 0 Å². The van der Waals surface area contributed by atoms with Gasteiger partial charge in [0.15, 0.2) is 0 Å². The van der Waals surface area contributed by atoms with E-state index in [4.69, 9.17) is 5.11 Å². The number of hydrogen-bond donors (Lipinski definition) is 2. The van der Waals surface area contributed by atoms with Gasteiger partial charge >= 0.3 is 0 Å². The molecule has 2 aliphatic rings. The fraction of sp³-hybridized carbons (Fsp3) is 0.909. The summed E-state index contributed by atoms with van der Waals surface area (Å²) in [6, 6.07) is 0.246. The third kappa shape index (κ3) is 1.92. The van der Waals surface area contributed by atoms with Crippen molar-refractivity contribution in [2.45, 2.75) is 44.6 Å². The van der Waals surface area contributed by atoms with Gasteiger partial charge in [-0.15, -0.1) is 0 Å². The van der Waals surface area contributed by atoms with E-state index >= 15 is 0 Å². The van der Waals surface area contributed by atoms with Crippen molar-refractivity contribution in [3.8, 4) is 0 Å². The van der Waals surface area contributed by atoms with Gasteiger partial charge in [-0.25, -0.2) is 0 Å². The van der Waals surface area contributed by atoms with Crippen molar-refractivity contribution < 1.29 is 9.90 Å². The molecule has 1 saturated carbocycles. The molecule has 2 N–H and O–H groups in total. The molecule has 1 aliphatic heterocycles. The van der Waals surface area contributed by atoms with Gasteiger partial charge in [-0.3, -0.25) is 4.79 Å². The van der Waals surface area contributed by atoms with E-state index in [1.165, 1.54) is 25.7 Å². The molecule has 2 fully saturated rings. The first-order valence-corrected chi connectivity index (χ1v) is 5.71. The highest BCUT2D eigenvalue weighted by atomic mass is 16.3. The molecule has 2 rings (SSSR count). The molecule has 0 spiro atoms. The predicted molar refractivity (Wildman–Crippen MR) is 53.7 cm³/mol.